The molecule has 0 amide bonds. The summed E-state index contributed by atoms with van der Waals surface area (Å²) in [6, 6.07) is 3.56. The zero-order chi connectivity index (χ0) is 19.3. The number of hydrogen-bond acceptors (Lipinski definition) is 5. The van der Waals surface area contributed by atoms with Crippen LogP contribution in [-0.2, 0) is 11.3 Å². The van der Waals surface area contributed by atoms with Crippen molar-refractivity contribution in [3.8, 4) is 11.5 Å². The Morgan fingerprint density at radius 2 is 2.12 bits per heavy atom. The maximum atomic E-state index is 11.9. The molecule has 2 atom stereocenters. The summed E-state index contributed by atoms with van der Waals surface area (Å²) < 4.78 is 10.9. The summed E-state index contributed by atoms with van der Waals surface area (Å²) in [6.07, 6.45) is 0.745. The summed E-state index contributed by atoms with van der Waals surface area (Å²) in [5.74, 6) is 0.248. The summed E-state index contributed by atoms with van der Waals surface area (Å²) in [6.45, 7) is 5.74. The molecule has 1 aliphatic heterocycles. The number of carboxylic acids is 1. The van der Waals surface area contributed by atoms with Gasteiger partial charge in [0.25, 0.3) is 0 Å². The third-order valence-electron chi connectivity index (χ3n) is 5.01. The molecule has 1 heterocycles. The number of halogens is 1. The zero-order valence-electron chi connectivity index (χ0n) is 15.6. The number of rotatable bonds is 8. The lowest BCUT2D eigenvalue weighted by molar-refractivity contribution is -0.164. The van der Waals surface area contributed by atoms with Crippen LogP contribution in [0.2, 0.25) is 5.02 Å². The average molecular weight is 386 g/mol. The number of hydrogen-bond donors (Lipinski definition) is 2. The maximum absolute atomic E-state index is 11.9. The van der Waals surface area contributed by atoms with Crippen LogP contribution in [0.1, 0.15) is 38.7 Å². The molecule has 1 aliphatic rings. The van der Waals surface area contributed by atoms with Gasteiger partial charge in [-0.05, 0) is 31.4 Å². The van der Waals surface area contributed by atoms with Gasteiger partial charge >= 0.3 is 5.97 Å². The van der Waals surface area contributed by atoms with Crippen LogP contribution >= 0.6 is 11.6 Å². The second-order valence-electron chi connectivity index (χ2n) is 6.75. The maximum Gasteiger partial charge on any atom is 0.313 e. The van der Waals surface area contributed by atoms with Gasteiger partial charge in [-0.1, -0.05) is 24.9 Å². The minimum absolute atomic E-state index is 0.295. The van der Waals surface area contributed by atoms with Crippen LogP contribution in [0.15, 0.2) is 12.1 Å². The Labute approximate surface area is 159 Å². The van der Waals surface area contributed by atoms with Gasteiger partial charge in [-0.15, -0.1) is 0 Å². The van der Waals surface area contributed by atoms with E-state index in [1.807, 2.05) is 24.8 Å². The molecule has 7 heteroatoms. The number of piperidine rings is 1. The number of carboxylic acid groups (broad SMARTS) is 1. The molecule has 2 rings (SSSR count). The summed E-state index contributed by atoms with van der Waals surface area (Å²) >= 11 is 6.40. The van der Waals surface area contributed by atoms with E-state index < -0.39 is 17.5 Å². The molecule has 1 aromatic carbocycles. The predicted molar refractivity (Wildman–Crippen MR) is 100 cm³/mol. The van der Waals surface area contributed by atoms with E-state index in [-0.39, 0.29) is 0 Å². The summed E-state index contributed by atoms with van der Waals surface area (Å²) in [5, 5.41) is 20.7. The monoisotopic (exact) mass is 385 g/mol. The fourth-order valence-electron chi connectivity index (χ4n) is 3.68. The molecule has 1 saturated heterocycles. The van der Waals surface area contributed by atoms with Crippen molar-refractivity contribution in [3.05, 3.63) is 22.7 Å². The van der Waals surface area contributed by atoms with Crippen LogP contribution in [0.4, 0.5) is 0 Å². The van der Waals surface area contributed by atoms with Crippen LogP contribution in [0.5, 0.6) is 11.5 Å². The molecular weight excluding hydrogens is 358 g/mol. The third kappa shape index (κ3) is 4.24. The van der Waals surface area contributed by atoms with Gasteiger partial charge in [-0.3, -0.25) is 9.69 Å². The van der Waals surface area contributed by atoms with Crippen LogP contribution < -0.4 is 9.47 Å². The van der Waals surface area contributed by atoms with E-state index in [4.69, 9.17) is 21.1 Å². The predicted octanol–water partition coefficient (Wildman–Crippen LogP) is 3.19. The Hall–Kier alpha value is -1.50. The molecule has 0 radical (unpaired) electrons. The fraction of sp³-hybridized carbons (Fsp3) is 0.632. The second kappa shape index (κ2) is 8.93. The van der Waals surface area contributed by atoms with Gasteiger partial charge < -0.3 is 19.7 Å². The molecule has 0 aliphatic carbocycles. The minimum Gasteiger partial charge on any atom is -0.493 e. The van der Waals surface area contributed by atoms with Gasteiger partial charge in [0.1, 0.15) is 5.41 Å². The minimum atomic E-state index is -1.13. The van der Waals surface area contributed by atoms with Crippen molar-refractivity contribution in [2.24, 2.45) is 5.41 Å². The number of ether oxygens (including phenoxy) is 2. The Morgan fingerprint density at radius 3 is 2.69 bits per heavy atom. The quantitative estimate of drug-likeness (QED) is 0.715. The number of likely N-dealkylation sites (tertiary alicyclic amines) is 1. The van der Waals surface area contributed by atoms with E-state index >= 15 is 0 Å². The number of aliphatic hydroxyl groups excluding tert-OH is 1. The van der Waals surface area contributed by atoms with Crippen molar-refractivity contribution in [2.45, 2.75) is 45.8 Å². The second-order valence-corrected chi connectivity index (χ2v) is 7.16. The van der Waals surface area contributed by atoms with E-state index in [9.17, 15) is 15.0 Å². The van der Waals surface area contributed by atoms with E-state index in [1.54, 1.807) is 13.2 Å². The van der Waals surface area contributed by atoms with Crippen molar-refractivity contribution < 1.29 is 24.5 Å². The summed E-state index contributed by atoms with van der Waals surface area (Å²) in [5.41, 5.74) is -0.280. The van der Waals surface area contributed by atoms with Gasteiger partial charge in [0.15, 0.2) is 11.5 Å². The molecule has 0 unspecified atom stereocenters. The molecular formula is C19H28ClNO5. The molecule has 0 aromatic heterocycles. The summed E-state index contributed by atoms with van der Waals surface area (Å²) in [4.78, 5) is 14.0. The molecule has 0 bridgehead atoms. The highest BCUT2D eigenvalue weighted by molar-refractivity contribution is 6.31. The van der Waals surface area contributed by atoms with Crippen LogP contribution in [0.3, 0.4) is 0 Å². The van der Waals surface area contributed by atoms with Gasteiger partial charge in [0, 0.05) is 30.7 Å². The van der Waals surface area contributed by atoms with Crippen LogP contribution in [0, 0.1) is 5.41 Å². The van der Waals surface area contributed by atoms with Gasteiger partial charge in [0.2, 0.25) is 0 Å². The van der Waals surface area contributed by atoms with Crippen LogP contribution in [-0.4, -0.2) is 54.0 Å². The van der Waals surface area contributed by atoms with Gasteiger partial charge in [-0.2, -0.15) is 0 Å². The lowest BCUT2D eigenvalue weighted by atomic mass is 9.74. The molecule has 26 heavy (non-hydrogen) atoms. The third-order valence-corrected chi connectivity index (χ3v) is 5.36. The molecule has 1 aromatic rings. The Kier molecular flexibility index (Phi) is 7.15. The largest absolute Gasteiger partial charge is 0.493 e. The van der Waals surface area contributed by atoms with Crippen molar-refractivity contribution in [2.75, 3.05) is 26.8 Å². The Morgan fingerprint density at radius 1 is 1.38 bits per heavy atom. The molecule has 0 spiro atoms. The smallest absolute Gasteiger partial charge is 0.313 e. The first kappa shape index (κ1) is 20.8. The van der Waals surface area contributed by atoms with Crippen molar-refractivity contribution in [1.82, 2.24) is 4.90 Å². The van der Waals surface area contributed by atoms with E-state index in [2.05, 4.69) is 0 Å². The highest BCUT2D eigenvalue weighted by Gasteiger charge is 2.48. The topological polar surface area (TPSA) is 79.2 Å². The number of aliphatic carboxylic acids is 1. The molecule has 1 fully saturated rings. The number of nitrogens with zero attached hydrogens (tertiary/aromatic N) is 1. The number of aliphatic hydroxyl groups is 1. The SMILES string of the molecule is CCC[C@@]1(C(=O)O)CN(Cc2cc(OCC)c(OC)cc2Cl)CC[C@H]1O. The highest BCUT2D eigenvalue weighted by Crippen LogP contribution is 2.38. The number of carbonyl (C=O) groups is 1. The first-order valence-electron chi connectivity index (χ1n) is 9.01. The zero-order valence-corrected chi connectivity index (χ0v) is 16.4. The standard InChI is InChI=1S/C19H28ClNO5/c1-4-7-19(18(23)24)12-21(8-6-17(19)22)11-13-9-16(26-5-2)15(25-3)10-14(13)20/h9-10,17,22H,4-8,11-12H2,1-3H3,(H,23,24)/t17-,19-/m1/s1. The number of methoxy groups -OCH3 is 1. The van der Waals surface area contributed by atoms with E-state index in [0.717, 1.165) is 5.56 Å². The van der Waals surface area contributed by atoms with Gasteiger partial charge in [-0.25, -0.2) is 0 Å². The first-order chi connectivity index (χ1) is 12.4. The van der Waals surface area contributed by atoms with Crippen LogP contribution in [0.25, 0.3) is 0 Å². The molecule has 2 N–H and O–H groups in total. The Balaban J connectivity index is 2.25. The van der Waals surface area contributed by atoms with Gasteiger partial charge in [0.05, 0.1) is 19.8 Å². The lowest BCUT2D eigenvalue weighted by Crippen LogP contribution is -2.55. The van der Waals surface area contributed by atoms with Crippen molar-refractivity contribution in [1.29, 1.82) is 0 Å². The molecule has 6 nitrogen and oxygen atoms in total. The average Bonchev–Trinajstić information content (AvgIpc) is 2.60. The number of benzene rings is 1. The highest BCUT2D eigenvalue weighted by atomic mass is 35.5. The van der Waals surface area contributed by atoms with Crippen molar-refractivity contribution >= 4 is 17.6 Å². The van der Waals surface area contributed by atoms with Crippen molar-refractivity contribution in [3.63, 3.8) is 0 Å². The first-order valence-corrected chi connectivity index (χ1v) is 9.38. The van der Waals surface area contributed by atoms with E-state index in [0.29, 0.717) is 62.0 Å². The van der Waals surface area contributed by atoms with E-state index in [1.165, 1.54) is 0 Å². The normalized spacial score (nSPS) is 23.7. The lowest BCUT2D eigenvalue weighted by Gasteiger charge is -2.43. The molecule has 146 valence electrons. The Bertz CT molecular complexity index is 639. The fourth-order valence-corrected chi connectivity index (χ4v) is 3.89. The summed E-state index contributed by atoms with van der Waals surface area (Å²) in [7, 11) is 1.56. The molecule has 0 saturated carbocycles.